The number of hydrogen-bond donors (Lipinski definition) is 1. The normalized spacial score (nSPS) is 20.8. The zero-order valence-corrected chi connectivity index (χ0v) is 11.7. The molecule has 1 aliphatic carbocycles. The quantitative estimate of drug-likeness (QED) is 0.833. The lowest BCUT2D eigenvalue weighted by Crippen LogP contribution is -2.43. The van der Waals surface area contributed by atoms with Crippen LogP contribution < -0.4 is 15.2 Å². The van der Waals surface area contributed by atoms with E-state index >= 15 is 0 Å². The predicted octanol–water partition coefficient (Wildman–Crippen LogP) is 1.99. The fourth-order valence-corrected chi connectivity index (χ4v) is 2.26. The lowest BCUT2D eigenvalue weighted by atomic mass is 9.90. The van der Waals surface area contributed by atoms with Crippen LogP contribution in [0.25, 0.3) is 6.08 Å². The Bertz CT molecular complexity index is 521. The zero-order valence-electron chi connectivity index (χ0n) is 11.7. The molecule has 1 aromatic carbocycles. The number of carbonyl (C=O) groups excluding carboxylic acids is 1. The largest absolute Gasteiger partial charge is 0.492 e. The van der Waals surface area contributed by atoms with Gasteiger partial charge in [0.05, 0.1) is 19.8 Å². The first-order chi connectivity index (χ1) is 9.60. The van der Waals surface area contributed by atoms with Gasteiger partial charge in [-0.1, -0.05) is 12.7 Å². The average Bonchev–Trinajstić information content (AvgIpc) is 2.43. The standard InChI is InChI=1S/C15H19NO4/c1-4-11-12(15(17)19-3)5-6-13(14(11)18-2)20-10-7-9(16)8-10/h4-6,9-10H,1,7-8,16H2,2-3H3. The number of nitrogens with two attached hydrogens (primary N) is 1. The number of carbonyl (C=O) groups is 1. The summed E-state index contributed by atoms with van der Waals surface area (Å²) in [5.41, 5.74) is 6.71. The van der Waals surface area contributed by atoms with E-state index in [4.69, 9.17) is 19.9 Å². The highest BCUT2D eigenvalue weighted by molar-refractivity contribution is 5.95. The maximum atomic E-state index is 11.7. The van der Waals surface area contributed by atoms with Crippen molar-refractivity contribution >= 4 is 12.0 Å². The minimum atomic E-state index is -0.435. The van der Waals surface area contributed by atoms with Crippen molar-refractivity contribution in [2.75, 3.05) is 14.2 Å². The van der Waals surface area contributed by atoms with Gasteiger partial charge >= 0.3 is 5.97 Å². The van der Waals surface area contributed by atoms with Gasteiger partial charge in [0, 0.05) is 11.6 Å². The van der Waals surface area contributed by atoms with E-state index in [-0.39, 0.29) is 12.1 Å². The Kier molecular flexibility index (Phi) is 4.29. The number of hydrogen-bond acceptors (Lipinski definition) is 5. The molecule has 1 saturated carbocycles. The molecule has 2 N–H and O–H groups in total. The van der Waals surface area contributed by atoms with E-state index in [1.807, 2.05) is 0 Å². The number of esters is 1. The predicted molar refractivity (Wildman–Crippen MR) is 76.0 cm³/mol. The van der Waals surface area contributed by atoms with E-state index in [1.54, 1.807) is 18.2 Å². The maximum absolute atomic E-state index is 11.7. The second-order valence-corrected chi connectivity index (χ2v) is 4.73. The van der Waals surface area contributed by atoms with Crippen molar-refractivity contribution in [1.82, 2.24) is 0 Å². The molecule has 0 unspecified atom stereocenters. The molecule has 20 heavy (non-hydrogen) atoms. The molecule has 0 aromatic heterocycles. The zero-order chi connectivity index (χ0) is 14.7. The topological polar surface area (TPSA) is 70.8 Å². The maximum Gasteiger partial charge on any atom is 0.338 e. The number of benzene rings is 1. The monoisotopic (exact) mass is 277 g/mol. The molecule has 108 valence electrons. The third kappa shape index (κ3) is 2.63. The summed E-state index contributed by atoms with van der Waals surface area (Å²) in [6.07, 6.45) is 3.31. The van der Waals surface area contributed by atoms with E-state index in [1.165, 1.54) is 14.2 Å². The SMILES string of the molecule is C=Cc1c(C(=O)OC)ccc(OC2CC(N)C2)c1OC. The van der Waals surface area contributed by atoms with Crippen molar-refractivity contribution in [3.05, 3.63) is 29.8 Å². The highest BCUT2D eigenvalue weighted by Crippen LogP contribution is 2.37. The first-order valence-electron chi connectivity index (χ1n) is 6.44. The van der Waals surface area contributed by atoms with Gasteiger partial charge < -0.3 is 19.9 Å². The van der Waals surface area contributed by atoms with Crippen LogP contribution in [-0.2, 0) is 4.74 Å². The van der Waals surface area contributed by atoms with Gasteiger partial charge in [-0.25, -0.2) is 4.79 Å². The van der Waals surface area contributed by atoms with E-state index < -0.39 is 5.97 Å². The fraction of sp³-hybridized carbons (Fsp3) is 0.400. The third-order valence-corrected chi connectivity index (χ3v) is 3.40. The minimum absolute atomic E-state index is 0.0977. The van der Waals surface area contributed by atoms with E-state index in [2.05, 4.69) is 6.58 Å². The van der Waals surface area contributed by atoms with Crippen molar-refractivity contribution in [1.29, 1.82) is 0 Å². The number of rotatable bonds is 5. The second kappa shape index (κ2) is 5.96. The lowest BCUT2D eigenvalue weighted by Gasteiger charge is -2.33. The molecule has 5 heteroatoms. The molecule has 2 rings (SSSR count). The number of ether oxygens (including phenoxy) is 3. The van der Waals surface area contributed by atoms with Crippen LogP contribution in [0.5, 0.6) is 11.5 Å². The van der Waals surface area contributed by atoms with Gasteiger partial charge in [-0.05, 0) is 25.0 Å². The van der Waals surface area contributed by atoms with Crippen LogP contribution in [0.4, 0.5) is 0 Å². The Hall–Kier alpha value is -2.01. The molecule has 0 aliphatic heterocycles. The van der Waals surface area contributed by atoms with Crippen LogP contribution in [0.1, 0.15) is 28.8 Å². The summed E-state index contributed by atoms with van der Waals surface area (Å²) in [5.74, 6) is 0.644. The lowest BCUT2D eigenvalue weighted by molar-refractivity contribution is 0.0599. The highest BCUT2D eigenvalue weighted by Gasteiger charge is 2.29. The summed E-state index contributed by atoms with van der Waals surface area (Å²) in [7, 11) is 2.87. The number of methoxy groups -OCH3 is 2. The van der Waals surface area contributed by atoms with Gasteiger partial charge in [-0.3, -0.25) is 0 Å². The molecule has 0 spiro atoms. The molecule has 1 aliphatic rings. The summed E-state index contributed by atoms with van der Waals surface area (Å²) in [6.45, 7) is 3.72. The molecule has 0 atom stereocenters. The van der Waals surface area contributed by atoms with Gasteiger partial charge in [0.1, 0.15) is 6.10 Å². The molecular formula is C15H19NO4. The molecule has 1 fully saturated rings. The minimum Gasteiger partial charge on any atom is -0.492 e. The Morgan fingerprint density at radius 1 is 1.40 bits per heavy atom. The molecular weight excluding hydrogens is 258 g/mol. The fourth-order valence-electron chi connectivity index (χ4n) is 2.26. The van der Waals surface area contributed by atoms with Gasteiger partial charge in [-0.2, -0.15) is 0 Å². The van der Waals surface area contributed by atoms with Crippen LogP contribution in [0.3, 0.4) is 0 Å². The van der Waals surface area contributed by atoms with E-state index in [0.29, 0.717) is 22.6 Å². The molecule has 0 radical (unpaired) electrons. The highest BCUT2D eigenvalue weighted by atomic mass is 16.5. The van der Waals surface area contributed by atoms with Gasteiger partial charge in [0.15, 0.2) is 11.5 Å². The molecule has 5 nitrogen and oxygen atoms in total. The van der Waals surface area contributed by atoms with Crippen molar-refractivity contribution in [3.8, 4) is 11.5 Å². The summed E-state index contributed by atoms with van der Waals surface area (Å²) < 4.78 is 16.0. The van der Waals surface area contributed by atoms with Crippen LogP contribution >= 0.6 is 0 Å². The first kappa shape index (κ1) is 14.4. The Morgan fingerprint density at radius 2 is 2.10 bits per heavy atom. The van der Waals surface area contributed by atoms with Crippen molar-refractivity contribution in [3.63, 3.8) is 0 Å². The van der Waals surface area contributed by atoms with Gasteiger partial charge in [0.2, 0.25) is 0 Å². The van der Waals surface area contributed by atoms with Crippen LogP contribution in [-0.4, -0.2) is 32.3 Å². The Balaban J connectivity index is 2.33. The van der Waals surface area contributed by atoms with Crippen LogP contribution in [0, 0.1) is 0 Å². The molecule has 0 amide bonds. The molecule has 0 saturated heterocycles. The molecule has 0 heterocycles. The third-order valence-electron chi connectivity index (χ3n) is 3.40. The molecule has 0 bridgehead atoms. The summed E-state index contributed by atoms with van der Waals surface area (Å²) in [5, 5.41) is 0. The second-order valence-electron chi connectivity index (χ2n) is 4.73. The van der Waals surface area contributed by atoms with Crippen molar-refractivity contribution in [2.24, 2.45) is 5.73 Å². The average molecular weight is 277 g/mol. The summed E-state index contributed by atoms with van der Waals surface area (Å²) in [6, 6.07) is 3.57. The summed E-state index contributed by atoms with van der Waals surface area (Å²) >= 11 is 0. The van der Waals surface area contributed by atoms with Gasteiger partial charge in [0.25, 0.3) is 0 Å². The summed E-state index contributed by atoms with van der Waals surface area (Å²) in [4.78, 5) is 11.7. The van der Waals surface area contributed by atoms with Crippen molar-refractivity contribution in [2.45, 2.75) is 25.0 Å². The van der Waals surface area contributed by atoms with Crippen molar-refractivity contribution < 1.29 is 19.0 Å². The Labute approximate surface area is 118 Å². The smallest absolute Gasteiger partial charge is 0.338 e. The Morgan fingerprint density at radius 3 is 2.60 bits per heavy atom. The van der Waals surface area contributed by atoms with E-state index in [0.717, 1.165) is 12.8 Å². The van der Waals surface area contributed by atoms with Gasteiger partial charge in [-0.15, -0.1) is 0 Å². The van der Waals surface area contributed by atoms with Crippen LogP contribution in [0.2, 0.25) is 0 Å². The van der Waals surface area contributed by atoms with E-state index in [9.17, 15) is 4.79 Å². The van der Waals surface area contributed by atoms with Crippen LogP contribution in [0.15, 0.2) is 18.7 Å². The molecule has 1 aromatic rings. The first-order valence-corrected chi connectivity index (χ1v) is 6.44.